The molecule has 0 aliphatic carbocycles. The van der Waals surface area contributed by atoms with Crippen LogP contribution in [-0.2, 0) is 28.6 Å². The third-order valence-corrected chi connectivity index (χ3v) is 7.74. The van der Waals surface area contributed by atoms with Gasteiger partial charge in [-0.1, -0.05) is 91.2 Å². The number of unbranched alkanes of at least 4 members (excludes halogenated alkanes) is 11. The molecule has 2 unspecified atom stereocenters. The predicted molar refractivity (Wildman–Crippen MR) is 169 cm³/mol. The molecule has 0 radical (unpaired) electrons. The Balaban J connectivity index is 2.08. The van der Waals surface area contributed by atoms with Crippen molar-refractivity contribution < 1.29 is 28.6 Å². The highest BCUT2D eigenvalue weighted by Crippen LogP contribution is 2.34. The molecule has 8 nitrogen and oxygen atoms in total. The Labute approximate surface area is 256 Å². The average Bonchev–Trinajstić information content (AvgIpc) is 2.94. The van der Waals surface area contributed by atoms with Crippen LogP contribution < -0.4 is 10.6 Å². The van der Waals surface area contributed by atoms with Crippen LogP contribution in [0.3, 0.4) is 0 Å². The summed E-state index contributed by atoms with van der Waals surface area (Å²) in [6.07, 6.45) is 21.2. The Morgan fingerprint density at radius 3 is 2.07 bits per heavy atom. The van der Waals surface area contributed by atoms with Gasteiger partial charge in [0, 0.05) is 18.4 Å². The minimum Gasteiger partial charge on any atom is -0.463 e. The molecule has 244 valence electrons. The number of ether oxygens (including phenoxy) is 3. The SMILES string of the molecule is CCCCCCCC/C=C\CCCCCCCC(=O)NC(CC)COC(=O)CCNC(=O)C1OC(C)(C)OCC1(C)C. The van der Waals surface area contributed by atoms with E-state index in [0.717, 1.165) is 25.7 Å². The van der Waals surface area contributed by atoms with E-state index in [4.69, 9.17) is 14.2 Å². The first-order valence-corrected chi connectivity index (χ1v) is 16.7. The number of esters is 1. The lowest BCUT2D eigenvalue weighted by Gasteiger charge is -2.44. The molecule has 8 heteroatoms. The molecule has 1 aliphatic rings. The van der Waals surface area contributed by atoms with Gasteiger partial charge in [0.2, 0.25) is 11.8 Å². The van der Waals surface area contributed by atoms with Crippen LogP contribution in [0.5, 0.6) is 0 Å². The van der Waals surface area contributed by atoms with Crippen LogP contribution in [-0.4, -0.2) is 55.5 Å². The van der Waals surface area contributed by atoms with Crippen molar-refractivity contribution >= 4 is 17.8 Å². The van der Waals surface area contributed by atoms with Gasteiger partial charge in [-0.2, -0.15) is 0 Å². The molecule has 1 rings (SSSR count). The number of hydrogen-bond acceptors (Lipinski definition) is 6. The molecular weight excluding hydrogens is 532 g/mol. The van der Waals surface area contributed by atoms with Crippen molar-refractivity contribution in [1.29, 1.82) is 0 Å². The van der Waals surface area contributed by atoms with Crippen molar-refractivity contribution in [1.82, 2.24) is 10.6 Å². The van der Waals surface area contributed by atoms with E-state index in [9.17, 15) is 14.4 Å². The molecular formula is C34H62N2O6. The molecule has 2 N–H and O–H groups in total. The van der Waals surface area contributed by atoms with Crippen LogP contribution in [0, 0.1) is 5.41 Å². The van der Waals surface area contributed by atoms with Gasteiger partial charge in [-0.05, 0) is 52.4 Å². The summed E-state index contributed by atoms with van der Waals surface area (Å²) in [5, 5.41) is 5.76. The standard InChI is InChI=1S/C34H62N2O6/c1-7-9-10-11-12-13-14-15-16-17-18-19-20-21-22-23-29(37)36-28(8-2)26-40-30(38)24-25-35-32(39)31-33(3,4)27-41-34(5,6)42-31/h15-16,28,31H,7-14,17-27H2,1-6H3,(H,35,39)(H,36,37)/b16-15-. The number of amides is 2. The molecule has 0 aromatic carbocycles. The summed E-state index contributed by atoms with van der Waals surface area (Å²) in [6.45, 7) is 12.3. The van der Waals surface area contributed by atoms with Gasteiger partial charge < -0.3 is 24.8 Å². The Morgan fingerprint density at radius 1 is 0.857 bits per heavy atom. The number of carbonyl (C=O) groups excluding carboxylic acids is 3. The minimum atomic E-state index is -0.833. The molecule has 2 atom stereocenters. The van der Waals surface area contributed by atoms with E-state index >= 15 is 0 Å². The monoisotopic (exact) mass is 594 g/mol. The molecule has 0 aromatic rings. The molecule has 0 aromatic heterocycles. The predicted octanol–water partition coefficient (Wildman–Crippen LogP) is 7.15. The van der Waals surface area contributed by atoms with E-state index in [0.29, 0.717) is 19.4 Å². The number of allylic oxidation sites excluding steroid dienone is 2. The molecule has 1 heterocycles. The molecule has 1 saturated heterocycles. The van der Waals surface area contributed by atoms with E-state index < -0.39 is 23.3 Å². The topological polar surface area (TPSA) is 103 Å². The van der Waals surface area contributed by atoms with Gasteiger partial charge in [-0.3, -0.25) is 14.4 Å². The molecule has 0 bridgehead atoms. The maximum Gasteiger partial charge on any atom is 0.307 e. The minimum absolute atomic E-state index is 0.00444. The van der Waals surface area contributed by atoms with E-state index in [1.54, 1.807) is 13.8 Å². The third kappa shape index (κ3) is 17.9. The van der Waals surface area contributed by atoms with Crippen LogP contribution in [0.4, 0.5) is 0 Å². The van der Waals surface area contributed by atoms with Crippen LogP contribution in [0.2, 0.25) is 0 Å². The fraction of sp³-hybridized carbons (Fsp3) is 0.853. The molecule has 2 amide bonds. The maximum absolute atomic E-state index is 12.7. The highest BCUT2D eigenvalue weighted by atomic mass is 16.7. The van der Waals surface area contributed by atoms with Crippen LogP contribution in [0.1, 0.15) is 144 Å². The second-order valence-corrected chi connectivity index (χ2v) is 12.9. The first-order chi connectivity index (χ1) is 20.0. The average molecular weight is 595 g/mol. The fourth-order valence-corrected chi connectivity index (χ4v) is 4.89. The van der Waals surface area contributed by atoms with Crippen LogP contribution in [0.25, 0.3) is 0 Å². The zero-order valence-corrected chi connectivity index (χ0v) is 27.7. The molecule has 0 saturated carbocycles. The van der Waals surface area contributed by atoms with Crippen LogP contribution >= 0.6 is 0 Å². The highest BCUT2D eigenvalue weighted by molar-refractivity contribution is 5.82. The summed E-state index contributed by atoms with van der Waals surface area (Å²) in [5.41, 5.74) is -0.476. The lowest BCUT2D eigenvalue weighted by atomic mass is 9.85. The Bertz CT molecular complexity index is 795. The van der Waals surface area contributed by atoms with Gasteiger partial charge in [-0.15, -0.1) is 0 Å². The zero-order valence-electron chi connectivity index (χ0n) is 27.7. The van der Waals surface area contributed by atoms with E-state index in [1.165, 1.54) is 57.8 Å². The quantitative estimate of drug-likeness (QED) is 0.0740. The summed E-state index contributed by atoms with van der Waals surface area (Å²) >= 11 is 0. The zero-order chi connectivity index (χ0) is 31.3. The van der Waals surface area contributed by atoms with Gasteiger partial charge in [0.15, 0.2) is 5.79 Å². The summed E-state index contributed by atoms with van der Waals surface area (Å²) in [6, 6.07) is -0.210. The number of carbonyl (C=O) groups is 3. The lowest BCUT2D eigenvalue weighted by Crippen LogP contribution is -2.56. The van der Waals surface area contributed by atoms with Gasteiger partial charge in [0.05, 0.1) is 19.1 Å². The fourth-order valence-electron chi connectivity index (χ4n) is 4.89. The summed E-state index contributed by atoms with van der Waals surface area (Å²) in [7, 11) is 0. The summed E-state index contributed by atoms with van der Waals surface area (Å²) in [4.78, 5) is 37.3. The first kappa shape index (κ1) is 38.1. The molecule has 0 spiro atoms. The molecule has 1 aliphatic heterocycles. The van der Waals surface area contributed by atoms with Gasteiger partial charge in [-0.25, -0.2) is 0 Å². The van der Waals surface area contributed by atoms with E-state index in [1.807, 2.05) is 20.8 Å². The van der Waals surface area contributed by atoms with E-state index in [2.05, 4.69) is 29.7 Å². The normalized spacial score (nSPS) is 18.5. The van der Waals surface area contributed by atoms with Crippen molar-refractivity contribution in [2.75, 3.05) is 19.8 Å². The second-order valence-electron chi connectivity index (χ2n) is 12.9. The Kier molecular flexibility index (Phi) is 19.7. The largest absolute Gasteiger partial charge is 0.463 e. The van der Waals surface area contributed by atoms with Gasteiger partial charge in [0.25, 0.3) is 0 Å². The summed E-state index contributed by atoms with van der Waals surface area (Å²) in [5.74, 6) is -1.50. The summed E-state index contributed by atoms with van der Waals surface area (Å²) < 4.78 is 16.9. The van der Waals surface area contributed by atoms with Crippen molar-refractivity contribution in [3.63, 3.8) is 0 Å². The smallest absolute Gasteiger partial charge is 0.307 e. The Morgan fingerprint density at radius 2 is 1.45 bits per heavy atom. The van der Waals surface area contributed by atoms with Crippen LogP contribution in [0.15, 0.2) is 12.2 Å². The number of rotatable bonds is 23. The van der Waals surface area contributed by atoms with Crippen molar-refractivity contribution in [3.8, 4) is 0 Å². The number of nitrogens with one attached hydrogen (secondary N) is 2. The van der Waals surface area contributed by atoms with Crippen molar-refractivity contribution in [2.45, 2.75) is 162 Å². The van der Waals surface area contributed by atoms with Crippen molar-refractivity contribution in [3.05, 3.63) is 12.2 Å². The van der Waals surface area contributed by atoms with Gasteiger partial charge in [0.1, 0.15) is 12.7 Å². The first-order valence-electron chi connectivity index (χ1n) is 16.7. The molecule has 1 fully saturated rings. The number of hydrogen-bond donors (Lipinski definition) is 2. The second kappa shape index (κ2) is 21.7. The van der Waals surface area contributed by atoms with Gasteiger partial charge >= 0.3 is 5.97 Å². The van der Waals surface area contributed by atoms with Crippen molar-refractivity contribution in [2.24, 2.45) is 5.41 Å². The van der Waals surface area contributed by atoms with E-state index in [-0.39, 0.29) is 37.4 Å². The third-order valence-electron chi connectivity index (χ3n) is 7.74. The maximum atomic E-state index is 12.7. The highest BCUT2D eigenvalue weighted by Gasteiger charge is 2.45. The lowest BCUT2D eigenvalue weighted by molar-refractivity contribution is -0.304. The molecule has 42 heavy (non-hydrogen) atoms. The Hall–Kier alpha value is -1.93.